The molecule has 0 aliphatic carbocycles. The molecule has 0 bridgehead atoms. The summed E-state index contributed by atoms with van der Waals surface area (Å²) < 4.78 is 10.9. The molecule has 0 saturated carbocycles. The van der Waals surface area contributed by atoms with Gasteiger partial charge in [0, 0.05) is 45.3 Å². The van der Waals surface area contributed by atoms with Gasteiger partial charge >= 0.3 is 0 Å². The average Bonchev–Trinajstić information content (AvgIpc) is 3.19. The van der Waals surface area contributed by atoms with Crippen molar-refractivity contribution in [1.29, 1.82) is 0 Å². The summed E-state index contributed by atoms with van der Waals surface area (Å²) in [4.78, 5) is 9.89. The molecule has 1 N–H and O–H groups in total. The van der Waals surface area contributed by atoms with Crippen LogP contribution in [0.25, 0.3) is 0 Å². The van der Waals surface area contributed by atoms with Crippen LogP contribution < -0.4 is 10.1 Å². The van der Waals surface area contributed by atoms with Gasteiger partial charge in [0.2, 0.25) is 0 Å². The van der Waals surface area contributed by atoms with Gasteiger partial charge in [-0.3, -0.25) is 9.89 Å². The molecule has 0 amide bonds. The first-order valence-electron chi connectivity index (χ1n) is 10.2. The molecular formula is C21H35IN4O2. The maximum Gasteiger partial charge on any atom is 0.193 e. The molecule has 7 heteroatoms. The molecule has 28 heavy (non-hydrogen) atoms. The molecule has 2 saturated heterocycles. The van der Waals surface area contributed by atoms with Crippen molar-refractivity contribution in [3.8, 4) is 5.75 Å². The molecule has 3 rings (SSSR count). The standard InChI is InChI=1S/C21H34N4O2.HI/c1-4-22-21(23-9-7-18-6-5-17(2)20(15-18)26-3)25-10-8-19(16-25)24-11-13-27-14-12-24;/h5-6,15,19H,4,7-14,16H2,1-3H3,(H,22,23);1H. The number of aryl methyl sites for hydroxylation is 1. The highest BCUT2D eigenvalue weighted by Crippen LogP contribution is 2.20. The summed E-state index contributed by atoms with van der Waals surface area (Å²) in [7, 11) is 1.73. The normalized spacial score (nSPS) is 20.8. The number of hydrogen-bond acceptors (Lipinski definition) is 4. The second-order valence-electron chi connectivity index (χ2n) is 7.33. The molecular weight excluding hydrogens is 467 g/mol. The lowest BCUT2D eigenvalue weighted by Crippen LogP contribution is -2.46. The van der Waals surface area contributed by atoms with Gasteiger partial charge in [0.05, 0.1) is 20.3 Å². The molecule has 2 aliphatic heterocycles. The molecule has 2 fully saturated rings. The van der Waals surface area contributed by atoms with E-state index < -0.39 is 0 Å². The average molecular weight is 502 g/mol. The van der Waals surface area contributed by atoms with Crippen molar-refractivity contribution in [2.45, 2.75) is 32.7 Å². The number of morpholine rings is 1. The van der Waals surface area contributed by atoms with Crippen LogP contribution >= 0.6 is 24.0 Å². The van der Waals surface area contributed by atoms with Gasteiger partial charge in [-0.1, -0.05) is 12.1 Å². The number of hydrogen-bond donors (Lipinski definition) is 1. The number of rotatable bonds is 6. The maximum atomic E-state index is 5.49. The highest BCUT2D eigenvalue weighted by Gasteiger charge is 2.30. The first-order valence-corrected chi connectivity index (χ1v) is 10.2. The maximum absolute atomic E-state index is 5.49. The van der Waals surface area contributed by atoms with Crippen molar-refractivity contribution in [2.24, 2.45) is 4.99 Å². The monoisotopic (exact) mass is 502 g/mol. The third kappa shape index (κ3) is 6.22. The molecule has 0 radical (unpaired) electrons. The van der Waals surface area contributed by atoms with Crippen LogP contribution in [-0.4, -0.2) is 81.4 Å². The number of aliphatic imine (C=N–C) groups is 1. The second-order valence-corrected chi connectivity index (χ2v) is 7.33. The molecule has 0 spiro atoms. The molecule has 1 atom stereocenters. The zero-order valence-corrected chi connectivity index (χ0v) is 19.8. The Labute approximate surface area is 186 Å². The number of nitrogens with one attached hydrogen (secondary N) is 1. The Kier molecular flexibility index (Phi) is 9.81. The molecule has 6 nitrogen and oxygen atoms in total. The van der Waals surface area contributed by atoms with Crippen molar-refractivity contribution >= 4 is 29.9 Å². The van der Waals surface area contributed by atoms with Gasteiger partial charge in [-0.05, 0) is 43.9 Å². The quantitative estimate of drug-likeness (QED) is 0.368. The van der Waals surface area contributed by atoms with Crippen LogP contribution in [0, 0.1) is 6.92 Å². The van der Waals surface area contributed by atoms with Crippen molar-refractivity contribution < 1.29 is 9.47 Å². The van der Waals surface area contributed by atoms with Crippen molar-refractivity contribution in [3.63, 3.8) is 0 Å². The number of nitrogens with zero attached hydrogens (tertiary/aromatic N) is 3. The fraction of sp³-hybridized carbons (Fsp3) is 0.667. The molecule has 158 valence electrons. The fourth-order valence-corrected chi connectivity index (χ4v) is 3.91. The highest BCUT2D eigenvalue weighted by molar-refractivity contribution is 14.0. The Balaban J connectivity index is 0.00000280. The van der Waals surface area contributed by atoms with Gasteiger partial charge in [-0.2, -0.15) is 0 Å². The van der Waals surface area contributed by atoms with Crippen LogP contribution in [0.3, 0.4) is 0 Å². The lowest BCUT2D eigenvalue weighted by molar-refractivity contribution is 0.0195. The van der Waals surface area contributed by atoms with Gasteiger partial charge in [0.15, 0.2) is 5.96 Å². The number of ether oxygens (including phenoxy) is 2. The van der Waals surface area contributed by atoms with Crippen LogP contribution in [0.4, 0.5) is 0 Å². The van der Waals surface area contributed by atoms with Gasteiger partial charge in [0.1, 0.15) is 5.75 Å². The SMILES string of the molecule is CCNC(=NCCc1ccc(C)c(OC)c1)N1CCC(N2CCOCC2)C1.I. The third-order valence-corrected chi connectivity index (χ3v) is 5.49. The summed E-state index contributed by atoms with van der Waals surface area (Å²) in [6.07, 6.45) is 2.13. The van der Waals surface area contributed by atoms with E-state index in [-0.39, 0.29) is 24.0 Å². The highest BCUT2D eigenvalue weighted by atomic mass is 127. The summed E-state index contributed by atoms with van der Waals surface area (Å²) in [5.41, 5.74) is 2.44. The van der Waals surface area contributed by atoms with E-state index in [9.17, 15) is 0 Å². The molecule has 1 aromatic carbocycles. The van der Waals surface area contributed by atoms with E-state index in [1.165, 1.54) is 17.5 Å². The van der Waals surface area contributed by atoms with Crippen LogP contribution in [0.5, 0.6) is 5.75 Å². The zero-order valence-electron chi connectivity index (χ0n) is 17.4. The molecule has 1 aromatic rings. The van der Waals surface area contributed by atoms with E-state index >= 15 is 0 Å². The van der Waals surface area contributed by atoms with Crippen LogP contribution in [0.15, 0.2) is 23.2 Å². The molecule has 2 aliphatic rings. The van der Waals surface area contributed by atoms with E-state index in [2.05, 4.69) is 47.2 Å². The van der Waals surface area contributed by atoms with Crippen LogP contribution in [0.1, 0.15) is 24.5 Å². The largest absolute Gasteiger partial charge is 0.496 e. The van der Waals surface area contributed by atoms with E-state index in [1.807, 2.05) is 0 Å². The predicted octanol–water partition coefficient (Wildman–Crippen LogP) is 2.54. The Morgan fingerprint density at radius 1 is 1.29 bits per heavy atom. The first kappa shape index (κ1) is 23.2. The van der Waals surface area contributed by atoms with Gasteiger partial charge in [-0.25, -0.2) is 0 Å². The summed E-state index contributed by atoms with van der Waals surface area (Å²) in [6.45, 7) is 11.9. The zero-order chi connectivity index (χ0) is 19.1. The van der Waals surface area contributed by atoms with Gasteiger partial charge in [0.25, 0.3) is 0 Å². The summed E-state index contributed by atoms with van der Waals surface area (Å²) in [5.74, 6) is 2.00. The molecule has 2 heterocycles. The Hall–Kier alpha value is -1.06. The number of methoxy groups -OCH3 is 1. The Morgan fingerprint density at radius 2 is 2.07 bits per heavy atom. The third-order valence-electron chi connectivity index (χ3n) is 5.49. The number of likely N-dealkylation sites (tertiary alicyclic amines) is 1. The minimum Gasteiger partial charge on any atom is -0.496 e. The van der Waals surface area contributed by atoms with Gasteiger partial charge in [-0.15, -0.1) is 24.0 Å². The molecule has 0 aromatic heterocycles. The Bertz CT molecular complexity index is 635. The summed E-state index contributed by atoms with van der Waals surface area (Å²) in [5, 5.41) is 3.47. The van der Waals surface area contributed by atoms with E-state index in [0.29, 0.717) is 6.04 Å². The topological polar surface area (TPSA) is 49.3 Å². The minimum absolute atomic E-state index is 0. The second kappa shape index (κ2) is 11.8. The van der Waals surface area contributed by atoms with E-state index in [0.717, 1.165) is 70.6 Å². The smallest absolute Gasteiger partial charge is 0.193 e. The van der Waals surface area contributed by atoms with Crippen molar-refractivity contribution in [2.75, 3.05) is 59.6 Å². The van der Waals surface area contributed by atoms with Crippen molar-refractivity contribution in [1.82, 2.24) is 15.1 Å². The Morgan fingerprint density at radius 3 is 2.79 bits per heavy atom. The van der Waals surface area contributed by atoms with E-state index in [1.54, 1.807) is 7.11 Å². The summed E-state index contributed by atoms with van der Waals surface area (Å²) >= 11 is 0. The lowest BCUT2D eigenvalue weighted by Gasteiger charge is -2.32. The lowest BCUT2D eigenvalue weighted by atomic mass is 10.1. The number of guanidine groups is 1. The fourth-order valence-electron chi connectivity index (χ4n) is 3.91. The molecule has 1 unspecified atom stereocenters. The minimum atomic E-state index is 0. The van der Waals surface area contributed by atoms with Crippen LogP contribution in [-0.2, 0) is 11.2 Å². The van der Waals surface area contributed by atoms with Crippen LogP contribution in [0.2, 0.25) is 0 Å². The number of benzene rings is 1. The van der Waals surface area contributed by atoms with E-state index in [4.69, 9.17) is 14.5 Å². The first-order chi connectivity index (χ1) is 13.2. The predicted molar refractivity (Wildman–Crippen MR) is 125 cm³/mol. The summed E-state index contributed by atoms with van der Waals surface area (Å²) in [6, 6.07) is 7.04. The van der Waals surface area contributed by atoms with Gasteiger partial charge < -0.3 is 19.7 Å². The van der Waals surface area contributed by atoms with Crippen molar-refractivity contribution in [3.05, 3.63) is 29.3 Å². The number of halogens is 1.